The topological polar surface area (TPSA) is 62.6 Å². The highest BCUT2D eigenvalue weighted by molar-refractivity contribution is 6.29. The first-order valence-electron chi connectivity index (χ1n) is 5.36. The third-order valence-corrected chi connectivity index (χ3v) is 2.66. The minimum Gasteiger partial charge on any atom is -0.440 e. The van der Waals surface area contributed by atoms with Gasteiger partial charge in [0.05, 0.1) is 6.54 Å². The molecule has 17 heavy (non-hydrogen) atoms. The van der Waals surface area contributed by atoms with Crippen LogP contribution in [0.15, 0.2) is 16.5 Å². The zero-order chi connectivity index (χ0) is 12.4. The monoisotopic (exact) mass is 256 g/mol. The summed E-state index contributed by atoms with van der Waals surface area (Å²) < 4.78 is 4.98. The van der Waals surface area contributed by atoms with Crippen LogP contribution in [-0.4, -0.2) is 36.3 Å². The van der Waals surface area contributed by atoms with Crippen molar-refractivity contribution in [2.75, 3.05) is 13.6 Å². The molecule has 1 fully saturated rings. The summed E-state index contributed by atoms with van der Waals surface area (Å²) in [6, 6.07) is 3.27. The number of nitrogens with one attached hydrogen (secondary N) is 1. The quantitative estimate of drug-likeness (QED) is 0.883. The molecular formula is C11H13ClN2O3. The summed E-state index contributed by atoms with van der Waals surface area (Å²) >= 11 is 5.58. The number of halogens is 1. The fourth-order valence-corrected chi connectivity index (χ4v) is 1.55. The lowest BCUT2D eigenvalue weighted by Crippen LogP contribution is -2.39. The molecule has 92 valence electrons. The standard InChI is InChI=1S/C11H13ClN2O3/c1-14(6-10(15)13-7-2-3-7)11(16)8-4-5-9(12)17-8/h4-5,7H,2-3,6H2,1H3,(H,13,15). The van der Waals surface area contributed by atoms with Gasteiger partial charge in [0, 0.05) is 13.1 Å². The molecule has 2 rings (SSSR count). The number of amides is 2. The molecular weight excluding hydrogens is 244 g/mol. The molecule has 1 aromatic rings. The predicted octanol–water partition coefficient (Wildman–Crippen LogP) is 1.28. The molecule has 1 aliphatic rings. The summed E-state index contributed by atoms with van der Waals surface area (Å²) in [4.78, 5) is 24.6. The second-order valence-electron chi connectivity index (χ2n) is 4.11. The Bertz CT molecular complexity index is 440. The number of hydrogen-bond acceptors (Lipinski definition) is 3. The molecule has 1 aromatic heterocycles. The van der Waals surface area contributed by atoms with Gasteiger partial charge in [0.2, 0.25) is 5.91 Å². The number of carbonyl (C=O) groups is 2. The van der Waals surface area contributed by atoms with Gasteiger partial charge >= 0.3 is 0 Å². The van der Waals surface area contributed by atoms with Crippen LogP contribution in [0.2, 0.25) is 5.22 Å². The molecule has 2 amide bonds. The Morgan fingerprint density at radius 2 is 2.24 bits per heavy atom. The van der Waals surface area contributed by atoms with Crippen LogP contribution < -0.4 is 5.32 Å². The number of furan rings is 1. The van der Waals surface area contributed by atoms with Crippen molar-refractivity contribution in [3.8, 4) is 0 Å². The van der Waals surface area contributed by atoms with Crippen molar-refractivity contribution >= 4 is 23.4 Å². The van der Waals surface area contributed by atoms with Gasteiger partial charge in [-0.3, -0.25) is 9.59 Å². The number of likely N-dealkylation sites (N-methyl/N-ethyl adjacent to an activating group) is 1. The summed E-state index contributed by atoms with van der Waals surface area (Å²) in [6.45, 7) is 0.0215. The molecule has 0 aromatic carbocycles. The first-order valence-corrected chi connectivity index (χ1v) is 5.74. The van der Waals surface area contributed by atoms with E-state index in [1.165, 1.54) is 17.0 Å². The van der Waals surface area contributed by atoms with Gasteiger partial charge in [-0.15, -0.1) is 0 Å². The lowest BCUT2D eigenvalue weighted by atomic mass is 10.4. The highest BCUT2D eigenvalue weighted by Crippen LogP contribution is 2.18. The van der Waals surface area contributed by atoms with Crippen molar-refractivity contribution in [3.63, 3.8) is 0 Å². The molecule has 1 saturated carbocycles. The van der Waals surface area contributed by atoms with Gasteiger partial charge in [-0.1, -0.05) is 0 Å². The Morgan fingerprint density at radius 1 is 1.53 bits per heavy atom. The van der Waals surface area contributed by atoms with Crippen molar-refractivity contribution in [2.24, 2.45) is 0 Å². The molecule has 0 unspecified atom stereocenters. The van der Waals surface area contributed by atoms with E-state index in [1.54, 1.807) is 7.05 Å². The van der Waals surface area contributed by atoms with Crippen molar-refractivity contribution in [1.82, 2.24) is 10.2 Å². The third-order valence-electron chi connectivity index (χ3n) is 2.45. The Labute approximate surface area is 104 Å². The van der Waals surface area contributed by atoms with Crippen LogP contribution in [0.25, 0.3) is 0 Å². The first-order chi connectivity index (χ1) is 8.06. The Balaban J connectivity index is 1.88. The largest absolute Gasteiger partial charge is 0.440 e. The summed E-state index contributed by atoms with van der Waals surface area (Å²) in [5.74, 6) is -0.374. The highest BCUT2D eigenvalue weighted by atomic mass is 35.5. The number of nitrogens with zero attached hydrogens (tertiary/aromatic N) is 1. The van der Waals surface area contributed by atoms with Crippen LogP contribution in [0.1, 0.15) is 23.4 Å². The van der Waals surface area contributed by atoms with Crippen LogP contribution in [-0.2, 0) is 4.79 Å². The fourth-order valence-electron chi connectivity index (χ4n) is 1.41. The van der Waals surface area contributed by atoms with Crippen LogP contribution in [0.5, 0.6) is 0 Å². The molecule has 5 nitrogen and oxygen atoms in total. The van der Waals surface area contributed by atoms with Crippen molar-refractivity contribution in [2.45, 2.75) is 18.9 Å². The second-order valence-corrected chi connectivity index (χ2v) is 4.48. The minimum absolute atomic E-state index is 0.0215. The van der Waals surface area contributed by atoms with Gasteiger partial charge < -0.3 is 14.6 Å². The second kappa shape index (κ2) is 4.79. The lowest BCUT2D eigenvalue weighted by Gasteiger charge is -2.15. The molecule has 1 heterocycles. The van der Waals surface area contributed by atoms with Gasteiger partial charge in [-0.2, -0.15) is 0 Å². The summed E-state index contributed by atoms with van der Waals surface area (Å²) in [7, 11) is 1.55. The number of hydrogen-bond donors (Lipinski definition) is 1. The van der Waals surface area contributed by atoms with Gasteiger partial charge in [0.25, 0.3) is 5.91 Å². The van der Waals surface area contributed by atoms with E-state index in [9.17, 15) is 9.59 Å². The predicted molar refractivity (Wildman–Crippen MR) is 61.8 cm³/mol. The van der Waals surface area contributed by atoms with Crippen molar-refractivity contribution in [3.05, 3.63) is 23.1 Å². The first kappa shape index (κ1) is 12.0. The molecule has 0 saturated heterocycles. The number of rotatable bonds is 4. The van der Waals surface area contributed by atoms with Crippen molar-refractivity contribution in [1.29, 1.82) is 0 Å². The molecule has 0 radical (unpaired) electrons. The smallest absolute Gasteiger partial charge is 0.289 e. The SMILES string of the molecule is CN(CC(=O)NC1CC1)C(=O)c1ccc(Cl)o1. The molecule has 1 aliphatic carbocycles. The van der Waals surface area contributed by atoms with E-state index in [-0.39, 0.29) is 29.3 Å². The summed E-state index contributed by atoms with van der Waals surface area (Å²) in [5.41, 5.74) is 0. The van der Waals surface area contributed by atoms with Gasteiger partial charge in [-0.05, 0) is 36.6 Å². The van der Waals surface area contributed by atoms with E-state index in [0.717, 1.165) is 12.8 Å². The minimum atomic E-state index is -0.358. The highest BCUT2D eigenvalue weighted by Gasteiger charge is 2.25. The fraction of sp³-hybridized carbons (Fsp3) is 0.455. The van der Waals surface area contributed by atoms with Crippen LogP contribution in [0.3, 0.4) is 0 Å². The summed E-state index contributed by atoms with van der Waals surface area (Å²) in [5, 5.41) is 2.96. The molecule has 6 heteroatoms. The molecule has 1 N–H and O–H groups in total. The van der Waals surface area contributed by atoms with E-state index in [1.807, 2.05) is 0 Å². The average molecular weight is 257 g/mol. The maximum atomic E-state index is 11.8. The molecule has 0 bridgehead atoms. The molecule has 0 spiro atoms. The van der Waals surface area contributed by atoms with Gasteiger partial charge in [0.15, 0.2) is 11.0 Å². The average Bonchev–Trinajstić information content (AvgIpc) is 2.96. The maximum Gasteiger partial charge on any atom is 0.289 e. The van der Waals surface area contributed by atoms with E-state index < -0.39 is 0 Å². The normalized spacial score (nSPS) is 14.5. The number of carbonyl (C=O) groups excluding carboxylic acids is 2. The Morgan fingerprint density at radius 3 is 2.76 bits per heavy atom. The van der Waals surface area contributed by atoms with Crippen molar-refractivity contribution < 1.29 is 14.0 Å². The zero-order valence-corrected chi connectivity index (χ0v) is 10.2. The van der Waals surface area contributed by atoms with E-state index in [4.69, 9.17) is 16.0 Å². The Hall–Kier alpha value is -1.49. The maximum absolute atomic E-state index is 11.8. The van der Waals surface area contributed by atoms with Crippen LogP contribution >= 0.6 is 11.6 Å². The summed E-state index contributed by atoms with van der Waals surface area (Å²) in [6.07, 6.45) is 2.05. The third kappa shape index (κ3) is 3.23. The van der Waals surface area contributed by atoms with E-state index >= 15 is 0 Å². The Kier molecular flexibility index (Phi) is 3.38. The van der Waals surface area contributed by atoms with E-state index in [2.05, 4.69) is 5.32 Å². The molecule has 0 atom stereocenters. The van der Waals surface area contributed by atoms with Crippen LogP contribution in [0.4, 0.5) is 0 Å². The molecule has 0 aliphatic heterocycles. The lowest BCUT2D eigenvalue weighted by molar-refractivity contribution is -0.121. The van der Waals surface area contributed by atoms with Crippen LogP contribution in [0, 0.1) is 0 Å². The van der Waals surface area contributed by atoms with E-state index in [0.29, 0.717) is 6.04 Å². The van der Waals surface area contributed by atoms with Gasteiger partial charge in [-0.25, -0.2) is 0 Å². The zero-order valence-electron chi connectivity index (χ0n) is 9.40. The van der Waals surface area contributed by atoms with Gasteiger partial charge in [0.1, 0.15) is 0 Å².